The van der Waals surface area contributed by atoms with E-state index in [1.54, 1.807) is 0 Å². The van der Waals surface area contributed by atoms with E-state index < -0.39 is 0 Å². The Morgan fingerprint density at radius 3 is 2.82 bits per heavy atom. The third-order valence-corrected chi connectivity index (χ3v) is 2.43. The summed E-state index contributed by atoms with van der Waals surface area (Å²) in [6.07, 6.45) is 4.15. The highest BCUT2D eigenvalue weighted by molar-refractivity contribution is 5.11. The Bertz CT molecular complexity index is 144. The summed E-state index contributed by atoms with van der Waals surface area (Å²) in [5, 5.41) is 8.60. The van der Waals surface area contributed by atoms with E-state index in [0.717, 1.165) is 25.7 Å². The molecule has 0 spiro atoms. The van der Waals surface area contributed by atoms with Gasteiger partial charge in [0.05, 0.1) is 0 Å². The van der Waals surface area contributed by atoms with E-state index >= 15 is 0 Å². The molecule has 0 aromatic heterocycles. The van der Waals surface area contributed by atoms with Gasteiger partial charge in [-0.05, 0) is 31.6 Å². The molecule has 2 heteroatoms. The lowest BCUT2D eigenvalue weighted by Gasteiger charge is -2.05. The van der Waals surface area contributed by atoms with Crippen LogP contribution < -0.4 is 5.73 Å². The topological polar surface area (TPSA) is 46.2 Å². The van der Waals surface area contributed by atoms with Crippen molar-refractivity contribution in [2.45, 2.75) is 31.7 Å². The molecule has 1 aliphatic carbocycles. The van der Waals surface area contributed by atoms with Crippen molar-refractivity contribution in [3.05, 3.63) is 12.2 Å². The van der Waals surface area contributed by atoms with Gasteiger partial charge < -0.3 is 10.8 Å². The van der Waals surface area contributed by atoms with Crippen molar-refractivity contribution in [1.82, 2.24) is 0 Å². The van der Waals surface area contributed by atoms with Crippen LogP contribution in [0.1, 0.15) is 25.7 Å². The molecule has 0 saturated heterocycles. The fraction of sp³-hybridized carbons (Fsp3) is 0.778. The first-order chi connectivity index (χ1) is 5.24. The van der Waals surface area contributed by atoms with Crippen molar-refractivity contribution >= 4 is 0 Å². The Morgan fingerprint density at radius 1 is 1.64 bits per heavy atom. The predicted molar refractivity (Wildman–Crippen MR) is 46.2 cm³/mol. The third kappa shape index (κ3) is 2.31. The van der Waals surface area contributed by atoms with Gasteiger partial charge in [-0.1, -0.05) is 12.2 Å². The van der Waals surface area contributed by atoms with Crippen LogP contribution in [0.4, 0.5) is 0 Å². The molecule has 11 heavy (non-hydrogen) atoms. The Morgan fingerprint density at radius 2 is 2.36 bits per heavy atom. The minimum Gasteiger partial charge on any atom is -0.396 e. The van der Waals surface area contributed by atoms with Crippen molar-refractivity contribution < 1.29 is 5.11 Å². The lowest BCUT2D eigenvalue weighted by molar-refractivity contribution is 0.271. The van der Waals surface area contributed by atoms with E-state index in [0.29, 0.717) is 12.5 Å². The molecule has 1 fully saturated rings. The van der Waals surface area contributed by atoms with Gasteiger partial charge in [-0.15, -0.1) is 0 Å². The molecule has 2 atom stereocenters. The number of hydrogen-bond donors (Lipinski definition) is 2. The van der Waals surface area contributed by atoms with Gasteiger partial charge in [0.2, 0.25) is 0 Å². The van der Waals surface area contributed by atoms with Crippen LogP contribution in [-0.2, 0) is 0 Å². The molecule has 0 amide bonds. The summed E-state index contributed by atoms with van der Waals surface area (Å²) in [6.45, 7) is 4.21. The molecule has 64 valence electrons. The van der Waals surface area contributed by atoms with Crippen LogP contribution in [0.5, 0.6) is 0 Å². The highest BCUT2D eigenvalue weighted by Crippen LogP contribution is 2.31. The number of hydrogen-bond acceptors (Lipinski definition) is 2. The molecule has 0 radical (unpaired) electrons. The van der Waals surface area contributed by atoms with Crippen LogP contribution in [0, 0.1) is 5.92 Å². The van der Waals surface area contributed by atoms with Crippen molar-refractivity contribution in [1.29, 1.82) is 0 Å². The van der Waals surface area contributed by atoms with Crippen molar-refractivity contribution in [2.75, 3.05) is 6.61 Å². The minimum atomic E-state index is 0.221. The van der Waals surface area contributed by atoms with E-state index in [-0.39, 0.29) is 6.04 Å². The minimum absolute atomic E-state index is 0.221. The van der Waals surface area contributed by atoms with E-state index in [1.807, 2.05) is 0 Å². The molecule has 1 saturated carbocycles. The van der Waals surface area contributed by atoms with Gasteiger partial charge in [0.25, 0.3) is 0 Å². The van der Waals surface area contributed by atoms with E-state index in [9.17, 15) is 0 Å². The van der Waals surface area contributed by atoms with Crippen LogP contribution >= 0.6 is 0 Å². The molecule has 3 N–H and O–H groups in total. The lowest BCUT2D eigenvalue weighted by atomic mass is 10.0. The summed E-state index contributed by atoms with van der Waals surface area (Å²) in [5.74, 6) is 0.685. The second-order valence-electron chi connectivity index (χ2n) is 3.44. The monoisotopic (exact) mass is 155 g/mol. The smallest absolute Gasteiger partial charge is 0.0431 e. The molecule has 1 rings (SSSR count). The highest BCUT2D eigenvalue weighted by atomic mass is 16.2. The fourth-order valence-electron chi connectivity index (χ4n) is 1.73. The molecule has 0 heterocycles. The van der Waals surface area contributed by atoms with E-state index in [2.05, 4.69) is 6.58 Å². The quantitative estimate of drug-likeness (QED) is 0.598. The van der Waals surface area contributed by atoms with E-state index in [1.165, 1.54) is 5.57 Å². The first-order valence-corrected chi connectivity index (χ1v) is 4.28. The second kappa shape index (κ2) is 3.88. The molecule has 2 nitrogen and oxygen atoms in total. The maximum absolute atomic E-state index is 8.60. The van der Waals surface area contributed by atoms with Gasteiger partial charge in [0.1, 0.15) is 0 Å². The zero-order chi connectivity index (χ0) is 8.27. The fourth-order valence-corrected chi connectivity index (χ4v) is 1.73. The molecule has 0 aromatic carbocycles. The average molecular weight is 155 g/mol. The third-order valence-electron chi connectivity index (χ3n) is 2.43. The van der Waals surface area contributed by atoms with Crippen molar-refractivity contribution in [3.8, 4) is 0 Å². The summed E-state index contributed by atoms with van der Waals surface area (Å²) >= 11 is 0. The summed E-state index contributed by atoms with van der Waals surface area (Å²) in [6, 6.07) is 0.221. The number of aliphatic hydroxyl groups excluding tert-OH is 1. The summed E-state index contributed by atoms with van der Waals surface area (Å²) in [4.78, 5) is 0. The Kier molecular flexibility index (Phi) is 3.09. The average Bonchev–Trinajstić information content (AvgIpc) is 2.28. The maximum Gasteiger partial charge on any atom is 0.0431 e. The van der Waals surface area contributed by atoms with Gasteiger partial charge in [-0.25, -0.2) is 0 Å². The first-order valence-electron chi connectivity index (χ1n) is 4.28. The first kappa shape index (κ1) is 8.75. The van der Waals surface area contributed by atoms with Crippen LogP contribution in [-0.4, -0.2) is 17.8 Å². The molecular weight excluding hydrogens is 138 g/mol. The molecular formula is C9H17NO. The number of nitrogens with two attached hydrogens (primary N) is 1. The molecule has 0 aromatic rings. The Hall–Kier alpha value is -0.340. The summed E-state index contributed by atoms with van der Waals surface area (Å²) in [7, 11) is 0. The van der Waals surface area contributed by atoms with Crippen LogP contribution in [0.15, 0.2) is 12.2 Å². The molecule has 0 bridgehead atoms. The SMILES string of the molecule is C=C1C[C@H](CCCO)C[C@@H]1N. The maximum atomic E-state index is 8.60. The largest absolute Gasteiger partial charge is 0.396 e. The predicted octanol–water partition coefficient (Wildman–Crippen LogP) is 1.05. The van der Waals surface area contributed by atoms with Crippen LogP contribution in [0.2, 0.25) is 0 Å². The van der Waals surface area contributed by atoms with Gasteiger partial charge in [0.15, 0.2) is 0 Å². The van der Waals surface area contributed by atoms with Gasteiger partial charge >= 0.3 is 0 Å². The van der Waals surface area contributed by atoms with Gasteiger partial charge in [-0.3, -0.25) is 0 Å². The Balaban J connectivity index is 2.24. The van der Waals surface area contributed by atoms with Gasteiger partial charge in [-0.2, -0.15) is 0 Å². The number of rotatable bonds is 3. The molecule has 0 aliphatic heterocycles. The highest BCUT2D eigenvalue weighted by Gasteiger charge is 2.24. The zero-order valence-corrected chi connectivity index (χ0v) is 6.92. The second-order valence-corrected chi connectivity index (χ2v) is 3.44. The van der Waals surface area contributed by atoms with Crippen LogP contribution in [0.3, 0.4) is 0 Å². The normalized spacial score (nSPS) is 31.3. The summed E-state index contributed by atoms with van der Waals surface area (Å²) < 4.78 is 0. The zero-order valence-electron chi connectivity index (χ0n) is 6.92. The van der Waals surface area contributed by atoms with Gasteiger partial charge in [0, 0.05) is 12.6 Å². The standard InChI is InChI=1S/C9H17NO/c1-7-5-8(3-2-4-11)6-9(7)10/h8-9,11H,1-6,10H2/t8-,9-/m0/s1. The Labute approximate surface area is 68.1 Å². The van der Waals surface area contributed by atoms with E-state index in [4.69, 9.17) is 10.8 Å². The lowest BCUT2D eigenvalue weighted by Crippen LogP contribution is -2.16. The molecule has 0 unspecified atom stereocenters. The number of aliphatic hydroxyl groups is 1. The van der Waals surface area contributed by atoms with Crippen molar-refractivity contribution in [3.63, 3.8) is 0 Å². The molecule has 1 aliphatic rings. The van der Waals surface area contributed by atoms with Crippen LogP contribution in [0.25, 0.3) is 0 Å². The van der Waals surface area contributed by atoms with Crippen molar-refractivity contribution in [2.24, 2.45) is 11.7 Å². The summed E-state index contributed by atoms with van der Waals surface area (Å²) in [5.41, 5.74) is 6.97.